The first-order valence-corrected chi connectivity index (χ1v) is 6.20. The van der Waals surface area contributed by atoms with Crippen molar-refractivity contribution in [3.63, 3.8) is 0 Å². The topological polar surface area (TPSA) is 9.23 Å². The highest BCUT2D eigenvalue weighted by atomic mass is 32.1. The van der Waals surface area contributed by atoms with Gasteiger partial charge in [-0.1, -0.05) is 33.1 Å². The molecule has 0 saturated heterocycles. The van der Waals surface area contributed by atoms with Gasteiger partial charge in [-0.2, -0.15) is 12.6 Å². The van der Waals surface area contributed by atoms with Gasteiger partial charge in [-0.3, -0.25) is 0 Å². The minimum Gasteiger partial charge on any atom is -0.378 e. The van der Waals surface area contributed by atoms with Gasteiger partial charge in [0, 0.05) is 6.61 Å². The zero-order chi connectivity index (χ0) is 9.94. The lowest BCUT2D eigenvalue weighted by atomic mass is 10.2. The summed E-state index contributed by atoms with van der Waals surface area (Å²) in [6.45, 7) is 5.35. The third-order valence-corrected chi connectivity index (χ3v) is 2.52. The van der Waals surface area contributed by atoms with Crippen molar-refractivity contribution in [2.75, 3.05) is 12.4 Å². The van der Waals surface area contributed by atoms with E-state index in [1.807, 2.05) is 0 Å². The number of unbranched alkanes of at least 4 members (excludes halogenated alkanes) is 3. The first-order chi connectivity index (χ1) is 6.35. The fourth-order valence-electron chi connectivity index (χ4n) is 1.33. The zero-order valence-corrected chi connectivity index (χ0v) is 9.98. The SMILES string of the molecule is CCCCCCOC(CC)CCS. The van der Waals surface area contributed by atoms with Crippen LogP contribution in [-0.4, -0.2) is 18.5 Å². The maximum atomic E-state index is 5.73. The molecule has 2 heteroatoms. The van der Waals surface area contributed by atoms with Crippen LogP contribution in [0.15, 0.2) is 0 Å². The lowest BCUT2D eigenvalue weighted by Crippen LogP contribution is -2.13. The number of hydrogen-bond acceptors (Lipinski definition) is 2. The van der Waals surface area contributed by atoms with Crippen molar-refractivity contribution in [2.45, 2.75) is 58.5 Å². The Balaban J connectivity index is 3.17. The van der Waals surface area contributed by atoms with E-state index in [-0.39, 0.29) is 0 Å². The molecule has 0 aromatic rings. The third kappa shape index (κ3) is 8.63. The van der Waals surface area contributed by atoms with Gasteiger partial charge in [0.25, 0.3) is 0 Å². The Bertz CT molecular complexity index is 96.1. The Hall–Kier alpha value is 0.310. The predicted molar refractivity (Wildman–Crippen MR) is 62.6 cm³/mol. The highest BCUT2D eigenvalue weighted by molar-refractivity contribution is 7.80. The van der Waals surface area contributed by atoms with Crippen molar-refractivity contribution in [1.29, 1.82) is 0 Å². The number of ether oxygens (including phenoxy) is 1. The molecular formula is C11H24OS. The Kier molecular flexibility index (Phi) is 10.6. The van der Waals surface area contributed by atoms with Crippen LogP contribution in [0.25, 0.3) is 0 Å². The first-order valence-electron chi connectivity index (χ1n) is 5.57. The molecule has 0 heterocycles. The first kappa shape index (κ1) is 13.3. The summed E-state index contributed by atoms with van der Waals surface area (Å²) in [5.41, 5.74) is 0. The molecule has 0 aromatic carbocycles. The van der Waals surface area contributed by atoms with Crippen molar-refractivity contribution in [3.8, 4) is 0 Å². The fraction of sp³-hybridized carbons (Fsp3) is 1.00. The number of hydrogen-bond donors (Lipinski definition) is 1. The summed E-state index contributed by atoms with van der Waals surface area (Å²) in [7, 11) is 0. The van der Waals surface area contributed by atoms with Crippen molar-refractivity contribution in [2.24, 2.45) is 0 Å². The molecule has 0 N–H and O–H groups in total. The Morgan fingerprint density at radius 2 is 1.92 bits per heavy atom. The van der Waals surface area contributed by atoms with Crippen LogP contribution in [0.5, 0.6) is 0 Å². The molecule has 1 unspecified atom stereocenters. The highest BCUT2D eigenvalue weighted by Crippen LogP contribution is 2.07. The molecule has 0 aliphatic heterocycles. The van der Waals surface area contributed by atoms with E-state index in [1.54, 1.807) is 0 Å². The van der Waals surface area contributed by atoms with E-state index in [2.05, 4.69) is 26.5 Å². The highest BCUT2D eigenvalue weighted by Gasteiger charge is 2.03. The maximum absolute atomic E-state index is 5.73. The van der Waals surface area contributed by atoms with Crippen molar-refractivity contribution < 1.29 is 4.74 Å². The summed E-state index contributed by atoms with van der Waals surface area (Å²) in [4.78, 5) is 0. The molecule has 0 radical (unpaired) electrons. The second-order valence-corrected chi connectivity index (χ2v) is 3.92. The second-order valence-electron chi connectivity index (χ2n) is 3.47. The number of thiol groups is 1. The van der Waals surface area contributed by atoms with E-state index in [1.165, 1.54) is 25.7 Å². The van der Waals surface area contributed by atoms with E-state index in [0.29, 0.717) is 6.10 Å². The van der Waals surface area contributed by atoms with Crippen molar-refractivity contribution >= 4 is 12.6 Å². The molecule has 0 fully saturated rings. The van der Waals surface area contributed by atoms with E-state index in [4.69, 9.17) is 4.74 Å². The van der Waals surface area contributed by atoms with Crippen molar-refractivity contribution in [3.05, 3.63) is 0 Å². The second kappa shape index (κ2) is 10.4. The lowest BCUT2D eigenvalue weighted by molar-refractivity contribution is 0.0465. The number of rotatable bonds is 9. The molecule has 1 nitrogen and oxygen atoms in total. The molecule has 1 atom stereocenters. The van der Waals surface area contributed by atoms with E-state index in [0.717, 1.165) is 25.2 Å². The molecular weight excluding hydrogens is 180 g/mol. The minimum absolute atomic E-state index is 0.444. The summed E-state index contributed by atoms with van der Waals surface area (Å²) in [6.07, 6.45) is 7.83. The normalized spacial score (nSPS) is 13.2. The third-order valence-electron chi connectivity index (χ3n) is 2.26. The quantitative estimate of drug-likeness (QED) is 0.445. The van der Waals surface area contributed by atoms with Crippen LogP contribution < -0.4 is 0 Å². The Labute approximate surface area is 88.7 Å². The molecule has 0 spiro atoms. The summed E-state index contributed by atoms with van der Waals surface area (Å²) in [5, 5.41) is 0. The standard InChI is InChI=1S/C11H24OS/c1-3-5-6-7-9-12-11(4-2)8-10-13/h11,13H,3-10H2,1-2H3. The van der Waals surface area contributed by atoms with E-state index in [9.17, 15) is 0 Å². The molecule has 0 amide bonds. The van der Waals surface area contributed by atoms with Gasteiger partial charge in [0.2, 0.25) is 0 Å². The van der Waals surface area contributed by atoms with Crippen LogP contribution in [0.2, 0.25) is 0 Å². The van der Waals surface area contributed by atoms with Gasteiger partial charge >= 0.3 is 0 Å². The molecule has 0 bridgehead atoms. The summed E-state index contributed by atoms with van der Waals surface area (Å²) < 4.78 is 5.73. The lowest BCUT2D eigenvalue weighted by Gasteiger charge is -2.14. The molecule has 80 valence electrons. The van der Waals surface area contributed by atoms with Gasteiger partial charge in [0.1, 0.15) is 0 Å². The molecule has 0 aliphatic rings. The van der Waals surface area contributed by atoms with Gasteiger partial charge < -0.3 is 4.74 Å². The Morgan fingerprint density at radius 3 is 2.46 bits per heavy atom. The Morgan fingerprint density at radius 1 is 1.15 bits per heavy atom. The fourth-order valence-corrected chi connectivity index (χ4v) is 1.62. The van der Waals surface area contributed by atoms with Gasteiger partial charge in [-0.05, 0) is 25.0 Å². The van der Waals surface area contributed by atoms with Crippen LogP contribution in [0, 0.1) is 0 Å². The smallest absolute Gasteiger partial charge is 0.0580 e. The van der Waals surface area contributed by atoms with Crippen LogP contribution in [0.4, 0.5) is 0 Å². The van der Waals surface area contributed by atoms with Gasteiger partial charge in [0.05, 0.1) is 6.10 Å². The summed E-state index contributed by atoms with van der Waals surface area (Å²) in [6, 6.07) is 0. The van der Waals surface area contributed by atoms with Gasteiger partial charge in [0.15, 0.2) is 0 Å². The van der Waals surface area contributed by atoms with Crippen LogP contribution in [0.3, 0.4) is 0 Å². The largest absolute Gasteiger partial charge is 0.378 e. The summed E-state index contributed by atoms with van der Waals surface area (Å²) >= 11 is 4.21. The van der Waals surface area contributed by atoms with E-state index >= 15 is 0 Å². The maximum Gasteiger partial charge on any atom is 0.0580 e. The zero-order valence-electron chi connectivity index (χ0n) is 9.09. The summed E-state index contributed by atoms with van der Waals surface area (Å²) in [5.74, 6) is 0.938. The molecule has 0 rings (SSSR count). The van der Waals surface area contributed by atoms with Crippen LogP contribution in [-0.2, 0) is 4.74 Å². The molecule has 0 aliphatic carbocycles. The molecule has 0 saturated carbocycles. The van der Waals surface area contributed by atoms with Gasteiger partial charge in [-0.15, -0.1) is 0 Å². The van der Waals surface area contributed by atoms with Crippen LogP contribution in [0.1, 0.15) is 52.4 Å². The van der Waals surface area contributed by atoms with E-state index < -0.39 is 0 Å². The average Bonchev–Trinajstić information content (AvgIpc) is 2.16. The minimum atomic E-state index is 0.444. The predicted octanol–water partition coefficient (Wildman–Crippen LogP) is 3.68. The molecule has 0 aromatic heterocycles. The monoisotopic (exact) mass is 204 g/mol. The van der Waals surface area contributed by atoms with Crippen LogP contribution >= 0.6 is 12.6 Å². The van der Waals surface area contributed by atoms with Gasteiger partial charge in [-0.25, -0.2) is 0 Å². The average molecular weight is 204 g/mol. The molecule has 13 heavy (non-hydrogen) atoms. The van der Waals surface area contributed by atoms with Crippen molar-refractivity contribution in [1.82, 2.24) is 0 Å².